The van der Waals surface area contributed by atoms with E-state index in [-0.39, 0.29) is 35.4 Å². The molecule has 1 aliphatic heterocycles. The molecule has 1 aromatic carbocycles. The number of nitrogens with one attached hydrogen (secondary N) is 1. The number of carbonyl (C=O) groups is 2. The Morgan fingerprint density at radius 2 is 2.10 bits per heavy atom. The summed E-state index contributed by atoms with van der Waals surface area (Å²) in [6, 6.07) is 7.29. The molecule has 1 aliphatic rings. The number of anilines is 1. The fourth-order valence-electron chi connectivity index (χ4n) is 4.74. The van der Waals surface area contributed by atoms with Crippen LogP contribution < -0.4 is 10.2 Å². The lowest BCUT2D eigenvalue weighted by Crippen LogP contribution is -2.49. The minimum absolute atomic E-state index is 0. The Labute approximate surface area is 244 Å². The van der Waals surface area contributed by atoms with E-state index in [1.54, 1.807) is 25.4 Å². The molecular weight excluding hydrogens is 580 g/mol. The lowest BCUT2D eigenvalue weighted by atomic mass is 10.0. The first-order chi connectivity index (χ1) is 19.3. The number of hydrogen-bond donors (Lipinski definition) is 2. The zero-order valence-corrected chi connectivity index (χ0v) is 23.5. The minimum Gasteiger partial charge on any atom is -0.450 e. The van der Waals surface area contributed by atoms with Crippen molar-refractivity contribution in [2.24, 2.45) is 7.05 Å². The van der Waals surface area contributed by atoms with E-state index in [9.17, 15) is 9.59 Å². The number of nitrogens with zero attached hydrogens (tertiary/aromatic N) is 8. The van der Waals surface area contributed by atoms with E-state index in [0.29, 0.717) is 28.6 Å². The van der Waals surface area contributed by atoms with E-state index in [4.69, 9.17) is 21.4 Å². The highest BCUT2D eigenvalue weighted by Gasteiger charge is 2.31. The molecule has 0 radical (unpaired) electrons. The number of aryl methyl sites for hydroxylation is 1. The van der Waals surface area contributed by atoms with Crippen molar-refractivity contribution in [3.8, 4) is 22.6 Å². The van der Waals surface area contributed by atoms with Gasteiger partial charge in [0, 0.05) is 36.5 Å². The van der Waals surface area contributed by atoms with Crippen LogP contribution in [0.15, 0.2) is 42.7 Å². The molecule has 2 atom stereocenters. The summed E-state index contributed by atoms with van der Waals surface area (Å²) in [6.45, 7) is 2.85. The molecular formula is C25H26Cl2FN9O4. The number of tetrazole rings is 1. The maximum absolute atomic E-state index is 15.7. The lowest BCUT2D eigenvalue weighted by Gasteiger charge is -2.34. The number of pyridine rings is 1. The van der Waals surface area contributed by atoms with Gasteiger partial charge in [-0.15, -0.1) is 17.5 Å². The van der Waals surface area contributed by atoms with Gasteiger partial charge >= 0.3 is 6.16 Å². The number of rotatable bonds is 7. The number of hydrogen-bond acceptors (Lipinski definition) is 9. The van der Waals surface area contributed by atoms with Crippen molar-refractivity contribution in [3.63, 3.8) is 0 Å². The maximum atomic E-state index is 15.7. The van der Waals surface area contributed by atoms with Crippen molar-refractivity contribution in [2.75, 3.05) is 18.0 Å². The van der Waals surface area contributed by atoms with E-state index in [1.165, 1.54) is 34.8 Å². The minimum atomic E-state index is -1.50. The van der Waals surface area contributed by atoms with Crippen LogP contribution in [0, 0.1) is 5.82 Å². The molecule has 0 bridgehead atoms. The second-order valence-corrected chi connectivity index (χ2v) is 9.55. The molecule has 1 amide bonds. The van der Waals surface area contributed by atoms with E-state index < -0.39 is 24.1 Å². The Morgan fingerprint density at radius 1 is 1.29 bits per heavy atom. The number of ether oxygens (including phenoxy) is 1. The molecule has 2 N–H and O–H groups in total. The monoisotopic (exact) mass is 605 g/mol. The Bertz CT molecular complexity index is 1560. The van der Waals surface area contributed by atoms with Gasteiger partial charge in [-0.1, -0.05) is 17.7 Å². The number of carboxylic acid groups (broad SMARTS) is 1. The summed E-state index contributed by atoms with van der Waals surface area (Å²) in [5.41, 5.74) is 0.910. The van der Waals surface area contributed by atoms with Crippen LogP contribution in [-0.2, 0) is 11.8 Å². The van der Waals surface area contributed by atoms with Gasteiger partial charge in [0.15, 0.2) is 12.0 Å². The number of piperidine rings is 1. The van der Waals surface area contributed by atoms with Gasteiger partial charge in [-0.2, -0.15) is 9.78 Å². The zero-order valence-electron chi connectivity index (χ0n) is 21.9. The normalized spacial score (nSPS) is 15.6. The fraction of sp³-hybridized carbons (Fsp3) is 0.320. The van der Waals surface area contributed by atoms with Crippen LogP contribution in [0.1, 0.15) is 36.4 Å². The predicted molar refractivity (Wildman–Crippen MR) is 148 cm³/mol. The summed E-state index contributed by atoms with van der Waals surface area (Å²) >= 11 is 6.42. The lowest BCUT2D eigenvalue weighted by molar-refractivity contribution is 0.0219. The van der Waals surface area contributed by atoms with Gasteiger partial charge in [0.25, 0.3) is 5.91 Å². The number of aromatic nitrogens is 7. The molecule has 1 fully saturated rings. The summed E-state index contributed by atoms with van der Waals surface area (Å²) in [5, 5.41) is 28.3. The van der Waals surface area contributed by atoms with Crippen molar-refractivity contribution < 1.29 is 23.8 Å². The Kier molecular flexibility index (Phi) is 9.15. The number of benzene rings is 1. The standard InChI is InChI=1S/C25H25ClFN9O4.ClH/c1-14(40-25(38)39)36-23(31-32-33-36)21-18(13-30-34(21)2)17-8-7-15(11-20(17)27)24(37)35(16-5-3-9-28-12-16)22-19(26)6-4-10-29-22;/h4,6-8,10-11,13-14,16,28H,3,5,9,12H2,1-2H3,(H,38,39);1H/t14?,16-;/m1./s1. The van der Waals surface area contributed by atoms with Gasteiger partial charge in [0.2, 0.25) is 5.82 Å². The average Bonchev–Trinajstić information content (AvgIpc) is 3.56. The molecule has 13 nitrogen and oxygen atoms in total. The molecule has 4 aromatic rings. The van der Waals surface area contributed by atoms with Crippen molar-refractivity contribution in [3.05, 3.63) is 59.1 Å². The van der Waals surface area contributed by atoms with Crippen molar-refractivity contribution in [2.45, 2.75) is 32.0 Å². The van der Waals surface area contributed by atoms with Crippen LogP contribution in [0.4, 0.5) is 15.0 Å². The molecule has 5 rings (SSSR count). The van der Waals surface area contributed by atoms with Gasteiger partial charge in [-0.05, 0) is 61.0 Å². The highest BCUT2D eigenvalue weighted by Crippen LogP contribution is 2.34. The summed E-state index contributed by atoms with van der Waals surface area (Å²) in [7, 11) is 1.61. The SMILES string of the molecule is CC(OC(=O)O)n1nnnc1-c1c(-c2ccc(C(=O)N(c3ncccc3Cl)[C@@H]3CCCNC3)cc2F)cnn1C.Cl. The molecule has 3 aromatic heterocycles. The molecule has 216 valence electrons. The molecule has 0 saturated carbocycles. The third-order valence-electron chi connectivity index (χ3n) is 6.59. The molecule has 4 heterocycles. The van der Waals surface area contributed by atoms with Gasteiger partial charge in [0.1, 0.15) is 11.5 Å². The molecule has 0 aliphatic carbocycles. The van der Waals surface area contributed by atoms with E-state index in [2.05, 4.69) is 30.9 Å². The smallest absolute Gasteiger partial charge is 0.450 e. The Balaban J connectivity index is 0.00000387. The fourth-order valence-corrected chi connectivity index (χ4v) is 4.95. The van der Waals surface area contributed by atoms with Crippen LogP contribution >= 0.6 is 24.0 Å². The molecule has 1 unspecified atom stereocenters. The first kappa shape index (κ1) is 29.8. The van der Waals surface area contributed by atoms with Crippen molar-refractivity contribution >= 4 is 41.9 Å². The largest absolute Gasteiger partial charge is 0.507 e. The third kappa shape index (κ3) is 5.99. The second-order valence-electron chi connectivity index (χ2n) is 9.14. The molecule has 0 spiro atoms. The van der Waals surface area contributed by atoms with Crippen LogP contribution in [-0.4, -0.2) is 71.3 Å². The summed E-state index contributed by atoms with van der Waals surface area (Å²) < 4.78 is 23.1. The van der Waals surface area contributed by atoms with Crippen LogP contribution in [0.5, 0.6) is 0 Å². The highest BCUT2D eigenvalue weighted by molar-refractivity contribution is 6.33. The van der Waals surface area contributed by atoms with Crippen LogP contribution in [0.3, 0.4) is 0 Å². The van der Waals surface area contributed by atoms with Crippen LogP contribution in [0.2, 0.25) is 5.02 Å². The molecule has 41 heavy (non-hydrogen) atoms. The van der Waals surface area contributed by atoms with Crippen LogP contribution in [0.25, 0.3) is 22.6 Å². The van der Waals surface area contributed by atoms with Gasteiger partial charge in [0.05, 0.1) is 17.3 Å². The first-order valence-corrected chi connectivity index (χ1v) is 12.8. The van der Waals surface area contributed by atoms with E-state index in [1.807, 2.05) is 0 Å². The Hall–Kier alpha value is -4.14. The third-order valence-corrected chi connectivity index (χ3v) is 6.88. The van der Waals surface area contributed by atoms with E-state index in [0.717, 1.165) is 30.1 Å². The summed E-state index contributed by atoms with van der Waals surface area (Å²) in [4.78, 5) is 30.7. The summed E-state index contributed by atoms with van der Waals surface area (Å²) in [6.07, 6.45) is 2.03. The Morgan fingerprint density at radius 3 is 2.78 bits per heavy atom. The molecule has 16 heteroatoms. The second kappa shape index (κ2) is 12.6. The maximum Gasteiger partial charge on any atom is 0.507 e. The molecule has 1 saturated heterocycles. The van der Waals surface area contributed by atoms with Gasteiger partial charge < -0.3 is 15.2 Å². The number of carbonyl (C=O) groups excluding carboxylic acids is 1. The van der Waals surface area contributed by atoms with E-state index >= 15 is 4.39 Å². The van der Waals surface area contributed by atoms with Gasteiger partial charge in [-0.3, -0.25) is 14.4 Å². The van der Waals surface area contributed by atoms with Crippen molar-refractivity contribution in [1.82, 2.24) is 40.3 Å². The average molecular weight is 606 g/mol. The first-order valence-electron chi connectivity index (χ1n) is 12.4. The number of amides is 1. The van der Waals surface area contributed by atoms with Crippen molar-refractivity contribution in [1.29, 1.82) is 0 Å². The highest BCUT2D eigenvalue weighted by atomic mass is 35.5. The quantitative estimate of drug-likeness (QED) is 0.296. The van der Waals surface area contributed by atoms with Gasteiger partial charge in [-0.25, -0.2) is 14.2 Å². The predicted octanol–water partition coefficient (Wildman–Crippen LogP) is 3.96. The summed E-state index contributed by atoms with van der Waals surface area (Å²) in [5.74, 6) is -0.687. The zero-order chi connectivity index (χ0) is 28.4. The topological polar surface area (TPSA) is 153 Å². The number of halogens is 3.